The monoisotopic (exact) mass is 340 g/mol. The molecule has 1 aromatic heterocycles. The van der Waals surface area contributed by atoms with Crippen molar-refractivity contribution in [2.45, 2.75) is 19.4 Å². The number of hydrogen-bond donors (Lipinski definition) is 0. The highest BCUT2D eigenvalue weighted by molar-refractivity contribution is 5.79. The zero-order valence-corrected chi connectivity index (χ0v) is 14.6. The number of fused-ring (bicyclic) bond motifs is 1. The molecule has 6 nitrogen and oxygen atoms in total. The molecule has 0 saturated carbocycles. The van der Waals surface area contributed by atoms with Gasteiger partial charge in [0.2, 0.25) is 5.91 Å². The molecule has 3 heterocycles. The Bertz CT molecular complexity index is 749. The Morgan fingerprint density at radius 1 is 1.16 bits per heavy atom. The molecule has 1 atom stereocenters. The molecule has 0 radical (unpaired) electrons. The first-order valence-corrected chi connectivity index (χ1v) is 8.92. The van der Waals surface area contributed by atoms with Gasteiger partial charge in [-0.05, 0) is 18.6 Å². The Hall–Kier alpha value is -2.50. The van der Waals surface area contributed by atoms with Crippen LogP contribution >= 0.6 is 0 Å². The summed E-state index contributed by atoms with van der Waals surface area (Å²) in [6, 6.07) is 8.08. The topological polar surface area (TPSA) is 50.6 Å². The third-order valence-corrected chi connectivity index (χ3v) is 5.34. The van der Waals surface area contributed by atoms with Crippen LogP contribution in [0, 0.1) is 5.92 Å². The number of anilines is 1. The lowest BCUT2D eigenvalue weighted by Crippen LogP contribution is -2.51. The number of para-hydroxylation sites is 2. The fourth-order valence-electron chi connectivity index (χ4n) is 3.90. The Labute approximate surface area is 148 Å². The minimum Gasteiger partial charge on any atom is -0.495 e. The van der Waals surface area contributed by atoms with Crippen LogP contribution in [-0.4, -0.2) is 53.6 Å². The van der Waals surface area contributed by atoms with Gasteiger partial charge in [0.05, 0.1) is 19.1 Å². The minimum atomic E-state index is 0.0991. The predicted molar refractivity (Wildman–Crippen MR) is 95.8 cm³/mol. The number of methoxy groups -OCH3 is 1. The first-order chi connectivity index (χ1) is 12.3. The van der Waals surface area contributed by atoms with E-state index in [9.17, 15) is 4.79 Å². The van der Waals surface area contributed by atoms with Crippen molar-refractivity contribution >= 4 is 11.6 Å². The van der Waals surface area contributed by atoms with Crippen molar-refractivity contribution in [3.8, 4) is 5.75 Å². The normalized spacial score (nSPS) is 20.3. The van der Waals surface area contributed by atoms with Crippen LogP contribution in [-0.2, 0) is 17.8 Å². The number of carbonyl (C=O) groups is 1. The fraction of sp³-hybridized carbons (Fsp3) is 0.474. The lowest BCUT2D eigenvalue weighted by molar-refractivity contribution is -0.136. The first-order valence-electron chi connectivity index (χ1n) is 8.92. The van der Waals surface area contributed by atoms with Crippen LogP contribution in [0.15, 0.2) is 36.8 Å². The smallest absolute Gasteiger partial charge is 0.226 e. The number of carbonyl (C=O) groups excluding carboxylic acids is 1. The van der Waals surface area contributed by atoms with Gasteiger partial charge in [-0.25, -0.2) is 4.98 Å². The largest absolute Gasteiger partial charge is 0.495 e. The Morgan fingerprint density at radius 2 is 1.96 bits per heavy atom. The number of amides is 1. The van der Waals surface area contributed by atoms with Gasteiger partial charge in [-0.2, -0.15) is 0 Å². The summed E-state index contributed by atoms with van der Waals surface area (Å²) in [4.78, 5) is 21.4. The number of piperazine rings is 1. The zero-order valence-electron chi connectivity index (χ0n) is 14.6. The standard InChI is InChI=1S/C19H24N4O2/c1-25-18-5-3-2-4-17(18)21-8-10-22(11-9-21)19(24)15-6-7-23-14-20-13-16(23)12-15/h2-5,13-15H,6-12H2,1H3. The molecule has 1 unspecified atom stereocenters. The number of hydrogen-bond acceptors (Lipinski definition) is 4. The van der Waals surface area contributed by atoms with E-state index in [2.05, 4.69) is 20.5 Å². The molecule has 2 aliphatic rings. The highest BCUT2D eigenvalue weighted by atomic mass is 16.5. The maximum Gasteiger partial charge on any atom is 0.226 e. The second kappa shape index (κ2) is 6.78. The summed E-state index contributed by atoms with van der Waals surface area (Å²) < 4.78 is 7.62. The van der Waals surface area contributed by atoms with Crippen LogP contribution in [0.4, 0.5) is 5.69 Å². The highest BCUT2D eigenvalue weighted by Crippen LogP contribution is 2.29. The predicted octanol–water partition coefficient (Wildman–Crippen LogP) is 1.80. The molecule has 132 valence electrons. The van der Waals surface area contributed by atoms with Gasteiger partial charge in [0.1, 0.15) is 5.75 Å². The molecule has 0 aliphatic carbocycles. The van der Waals surface area contributed by atoms with Crippen LogP contribution in [0.1, 0.15) is 12.1 Å². The molecule has 6 heteroatoms. The first kappa shape index (κ1) is 16.0. The lowest BCUT2D eigenvalue weighted by Gasteiger charge is -2.38. The molecule has 1 fully saturated rings. The fourth-order valence-corrected chi connectivity index (χ4v) is 3.90. The van der Waals surface area contributed by atoms with Crippen molar-refractivity contribution < 1.29 is 9.53 Å². The van der Waals surface area contributed by atoms with Crippen molar-refractivity contribution in [3.05, 3.63) is 42.5 Å². The van der Waals surface area contributed by atoms with Crippen LogP contribution in [0.25, 0.3) is 0 Å². The summed E-state index contributed by atoms with van der Waals surface area (Å²) in [5, 5.41) is 0. The Balaban J connectivity index is 1.38. The van der Waals surface area contributed by atoms with E-state index in [0.717, 1.165) is 57.0 Å². The van der Waals surface area contributed by atoms with Crippen molar-refractivity contribution in [1.82, 2.24) is 14.5 Å². The van der Waals surface area contributed by atoms with E-state index in [1.54, 1.807) is 7.11 Å². The number of rotatable bonds is 3. The molecule has 25 heavy (non-hydrogen) atoms. The molecule has 1 amide bonds. The van der Waals surface area contributed by atoms with Crippen LogP contribution in [0.5, 0.6) is 5.75 Å². The van der Waals surface area contributed by atoms with Crippen molar-refractivity contribution in [2.75, 3.05) is 38.2 Å². The summed E-state index contributed by atoms with van der Waals surface area (Å²) in [5.74, 6) is 1.29. The molecular formula is C19H24N4O2. The average Bonchev–Trinajstić information content (AvgIpc) is 3.15. The van der Waals surface area contributed by atoms with E-state index < -0.39 is 0 Å². The van der Waals surface area contributed by atoms with Gasteiger partial charge in [0, 0.05) is 57.0 Å². The molecule has 1 aromatic carbocycles. The van der Waals surface area contributed by atoms with Gasteiger partial charge in [-0.1, -0.05) is 12.1 Å². The van der Waals surface area contributed by atoms with Gasteiger partial charge in [0.15, 0.2) is 0 Å². The zero-order chi connectivity index (χ0) is 17.2. The van der Waals surface area contributed by atoms with Crippen LogP contribution in [0.2, 0.25) is 0 Å². The van der Waals surface area contributed by atoms with Gasteiger partial charge in [-0.15, -0.1) is 0 Å². The molecular weight excluding hydrogens is 316 g/mol. The molecule has 4 rings (SSSR count). The lowest BCUT2D eigenvalue weighted by atomic mass is 9.94. The minimum absolute atomic E-state index is 0.0991. The number of nitrogens with zero attached hydrogens (tertiary/aromatic N) is 4. The second-order valence-electron chi connectivity index (χ2n) is 6.75. The van der Waals surface area contributed by atoms with Gasteiger partial charge >= 0.3 is 0 Å². The number of ether oxygens (including phenoxy) is 1. The Kier molecular flexibility index (Phi) is 4.34. The maximum absolute atomic E-state index is 12.9. The maximum atomic E-state index is 12.9. The summed E-state index contributed by atoms with van der Waals surface area (Å²) >= 11 is 0. The third-order valence-electron chi connectivity index (χ3n) is 5.34. The number of imidazole rings is 1. The summed E-state index contributed by atoms with van der Waals surface area (Å²) in [6.45, 7) is 4.12. The quantitative estimate of drug-likeness (QED) is 0.855. The van der Waals surface area contributed by atoms with Gasteiger partial charge in [-0.3, -0.25) is 4.79 Å². The van der Waals surface area contributed by atoms with Crippen molar-refractivity contribution in [2.24, 2.45) is 5.92 Å². The van der Waals surface area contributed by atoms with E-state index >= 15 is 0 Å². The molecule has 0 spiro atoms. The average molecular weight is 340 g/mol. The van der Waals surface area contributed by atoms with Crippen LogP contribution in [0.3, 0.4) is 0 Å². The van der Waals surface area contributed by atoms with E-state index in [4.69, 9.17) is 4.74 Å². The van der Waals surface area contributed by atoms with E-state index in [-0.39, 0.29) is 5.92 Å². The van der Waals surface area contributed by atoms with E-state index in [1.165, 1.54) is 5.69 Å². The molecule has 1 saturated heterocycles. The third kappa shape index (κ3) is 3.08. The molecule has 0 N–H and O–H groups in total. The number of aromatic nitrogens is 2. The van der Waals surface area contributed by atoms with Gasteiger partial charge < -0.3 is 19.1 Å². The summed E-state index contributed by atoms with van der Waals surface area (Å²) in [6.07, 6.45) is 5.47. The van der Waals surface area contributed by atoms with E-state index in [0.29, 0.717) is 5.91 Å². The van der Waals surface area contributed by atoms with Crippen molar-refractivity contribution in [3.63, 3.8) is 0 Å². The number of aryl methyl sites for hydroxylation is 1. The summed E-state index contributed by atoms with van der Waals surface area (Å²) in [5.41, 5.74) is 2.29. The Morgan fingerprint density at radius 3 is 2.76 bits per heavy atom. The molecule has 2 aromatic rings. The highest BCUT2D eigenvalue weighted by Gasteiger charge is 2.30. The molecule has 0 bridgehead atoms. The number of benzene rings is 1. The summed E-state index contributed by atoms with van der Waals surface area (Å²) in [7, 11) is 1.70. The SMILES string of the molecule is COc1ccccc1N1CCN(C(=O)C2CCn3cncc3C2)CC1. The second-order valence-corrected chi connectivity index (χ2v) is 6.75. The molecule has 2 aliphatic heterocycles. The van der Waals surface area contributed by atoms with E-state index in [1.807, 2.05) is 35.6 Å². The van der Waals surface area contributed by atoms with Gasteiger partial charge in [0.25, 0.3) is 0 Å². The van der Waals surface area contributed by atoms with Crippen molar-refractivity contribution in [1.29, 1.82) is 0 Å². The van der Waals surface area contributed by atoms with Crippen LogP contribution < -0.4 is 9.64 Å².